The van der Waals surface area contributed by atoms with Crippen molar-refractivity contribution in [3.05, 3.63) is 93.2 Å². The average molecular weight is 567 g/mol. The lowest BCUT2D eigenvalue weighted by atomic mass is 9.96. The minimum absolute atomic E-state index is 0.0874. The van der Waals surface area contributed by atoms with Crippen molar-refractivity contribution >= 4 is 21.9 Å². The third-order valence-electron chi connectivity index (χ3n) is 6.92. The van der Waals surface area contributed by atoms with Crippen LogP contribution >= 0.6 is 0 Å². The number of hydrogen-bond acceptors (Lipinski definition) is 10. The second-order valence-electron chi connectivity index (χ2n) is 9.39. The van der Waals surface area contributed by atoms with E-state index in [1.54, 1.807) is 48.5 Å². The Balaban J connectivity index is 1.70. The van der Waals surface area contributed by atoms with Gasteiger partial charge in [0.1, 0.15) is 56.8 Å². The number of hydrogen-bond donors (Lipinski definition) is 4. The molecule has 2 aromatic heterocycles. The van der Waals surface area contributed by atoms with Gasteiger partial charge >= 0.3 is 0 Å². The van der Waals surface area contributed by atoms with Crippen LogP contribution in [-0.2, 0) is 0 Å². The molecule has 0 fully saturated rings. The van der Waals surface area contributed by atoms with E-state index in [1.807, 2.05) is 0 Å². The van der Waals surface area contributed by atoms with E-state index in [-0.39, 0.29) is 44.6 Å². The molecule has 6 rings (SSSR count). The minimum atomic E-state index is -0.635. The molecule has 10 nitrogen and oxygen atoms in total. The van der Waals surface area contributed by atoms with Crippen LogP contribution in [0.25, 0.3) is 55.7 Å². The van der Waals surface area contributed by atoms with Crippen molar-refractivity contribution in [2.24, 2.45) is 0 Å². The summed E-state index contributed by atoms with van der Waals surface area (Å²) in [6.45, 7) is 0. The fourth-order valence-corrected chi connectivity index (χ4v) is 4.88. The lowest BCUT2D eigenvalue weighted by molar-refractivity contribution is 0.414. The van der Waals surface area contributed by atoms with Crippen molar-refractivity contribution in [2.45, 2.75) is 0 Å². The van der Waals surface area contributed by atoms with Crippen LogP contribution in [0.2, 0.25) is 0 Å². The molecule has 10 heteroatoms. The smallest absolute Gasteiger partial charge is 0.197 e. The minimum Gasteiger partial charge on any atom is -0.507 e. The van der Waals surface area contributed by atoms with E-state index < -0.39 is 33.9 Å². The normalized spacial score (nSPS) is 11.2. The maximum Gasteiger partial charge on any atom is 0.197 e. The zero-order chi connectivity index (χ0) is 29.7. The predicted octanol–water partition coefficient (Wildman–Crippen LogP) is 5.74. The third-order valence-corrected chi connectivity index (χ3v) is 6.92. The molecule has 0 bridgehead atoms. The Hall–Kier alpha value is -5.90. The van der Waals surface area contributed by atoms with Gasteiger partial charge in [0, 0.05) is 35.4 Å². The van der Waals surface area contributed by atoms with Crippen LogP contribution < -0.4 is 20.3 Å². The Bertz CT molecular complexity index is 1970. The van der Waals surface area contributed by atoms with Crippen molar-refractivity contribution < 1.29 is 38.7 Å². The highest BCUT2D eigenvalue weighted by Gasteiger charge is 2.27. The number of aromatic hydroxyl groups is 4. The molecule has 42 heavy (non-hydrogen) atoms. The summed E-state index contributed by atoms with van der Waals surface area (Å²) in [5.41, 5.74) is -1.36. The van der Waals surface area contributed by atoms with Gasteiger partial charge in [0.05, 0.1) is 25.3 Å². The molecular formula is C32H22O10. The van der Waals surface area contributed by atoms with Crippen LogP contribution in [0.5, 0.6) is 34.5 Å². The van der Waals surface area contributed by atoms with Gasteiger partial charge in [-0.25, -0.2) is 0 Å². The first-order valence-electron chi connectivity index (χ1n) is 12.5. The van der Waals surface area contributed by atoms with Crippen LogP contribution in [0.3, 0.4) is 0 Å². The number of phenols is 4. The monoisotopic (exact) mass is 566 g/mol. The molecule has 210 valence electrons. The summed E-state index contributed by atoms with van der Waals surface area (Å²) in [7, 11) is 3.02. The number of rotatable bonds is 5. The predicted molar refractivity (Wildman–Crippen MR) is 155 cm³/mol. The van der Waals surface area contributed by atoms with Crippen LogP contribution in [0.1, 0.15) is 0 Å². The summed E-state index contributed by atoms with van der Waals surface area (Å²) >= 11 is 0. The molecule has 0 saturated heterocycles. The topological polar surface area (TPSA) is 160 Å². The van der Waals surface area contributed by atoms with Crippen molar-refractivity contribution in [1.82, 2.24) is 0 Å². The fraction of sp³-hybridized carbons (Fsp3) is 0.0625. The number of fused-ring (bicyclic) bond motifs is 2. The van der Waals surface area contributed by atoms with Gasteiger partial charge in [-0.15, -0.1) is 0 Å². The van der Waals surface area contributed by atoms with E-state index in [9.17, 15) is 30.0 Å². The van der Waals surface area contributed by atoms with E-state index in [4.69, 9.17) is 18.3 Å². The Kier molecular flexibility index (Phi) is 6.23. The van der Waals surface area contributed by atoms with E-state index in [0.717, 1.165) is 12.1 Å². The summed E-state index contributed by atoms with van der Waals surface area (Å²) in [6.07, 6.45) is 0. The summed E-state index contributed by atoms with van der Waals surface area (Å²) in [6, 6.07) is 17.5. The molecule has 6 aromatic rings. The Labute approximate surface area is 236 Å². The standard InChI is InChI=1S/C32H22O10/c1-39-17-7-3-15(4-8-17)25-13-23(37)27-19(33)11-21(35)29(31(27)41-25)30-22(36)12-20(34)28-24(38)14-26(42-32(28)30)16-5-9-18(40-2)10-6-16/h3-14,33-36H,1-2H3. The second kappa shape index (κ2) is 9.93. The number of methoxy groups -OCH3 is 2. The molecule has 2 heterocycles. The van der Waals surface area contributed by atoms with E-state index in [0.29, 0.717) is 22.6 Å². The SMILES string of the molecule is COc1ccc(-c2cc(=O)c3c(O)cc(O)c(-c4c(O)cc(O)c5c(=O)cc(-c6ccc(OC)cc6)oc45)c3o2)cc1. The van der Waals surface area contributed by atoms with Crippen LogP contribution in [0.15, 0.2) is 91.2 Å². The highest BCUT2D eigenvalue weighted by atomic mass is 16.5. The van der Waals surface area contributed by atoms with Crippen molar-refractivity contribution in [1.29, 1.82) is 0 Å². The molecule has 4 aromatic carbocycles. The first-order chi connectivity index (χ1) is 20.2. The molecular weight excluding hydrogens is 544 g/mol. The summed E-state index contributed by atoms with van der Waals surface area (Å²) < 4.78 is 22.5. The van der Waals surface area contributed by atoms with Gasteiger partial charge < -0.3 is 38.7 Å². The molecule has 0 aliphatic heterocycles. The first kappa shape index (κ1) is 26.3. The third kappa shape index (κ3) is 4.22. The molecule has 0 aliphatic carbocycles. The molecule has 0 saturated carbocycles. The second-order valence-corrected chi connectivity index (χ2v) is 9.39. The number of ether oxygens (including phenoxy) is 2. The van der Waals surface area contributed by atoms with Crippen molar-refractivity contribution in [3.8, 4) is 68.3 Å². The summed E-state index contributed by atoms with van der Waals surface area (Å²) in [5.74, 6) is -0.992. The van der Waals surface area contributed by atoms with Gasteiger partial charge in [0.25, 0.3) is 0 Å². The van der Waals surface area contributed by atoms with Gasteiger partial charge in [-0.3, -0.25) is 9.59 Å². The zero-order valence-electron chi connectivity index (χ0n) is 22.2. The fourth-order valence-electron chi connectivity index (χ4n) is 4.88. The lowest BCUT2D eigenvalue weighted by Gasteiger charge is -2.15. The Morgan fingerprint density at radius 1 is 0.524 bits per heavy atom. The number of benzene rings is 4. The largest absolute Gasteiger partial charge is 0.507 e. The molecule has 0 spiro atoms. The highest BCUT2D eigenvalue weighted by molar-refractivity contribution is 6.08. The molecule has 4 N–H and O–H groups in total. The number of phenolic OH excluding ortho intramolecular Hbond substituents is 4. The van der Waals surface area contributed by atoms with Crippen molar-refractivity contribution in [3.63, 3.8) is 0 Å². The molecule has 0 unspecified atom stereocenters. The summed E-state index contributed by atoms with van der Waals surface area (Å²) in [5, 5.41) is 42.8. The highest BCUT2D eigenvalue weighted by Crippen LogP contribution is 2.49. The lowest BCUT2D eigenvalue weighted by Crippen LogP contribution is -2.04. The molecule has 0 radical (unpaired) electrons. The molecule has 0 amide bonds. The van der Waals surface area contributed by atoms with Crippen LogP contribution in [0.4, 0.5) is 0 Å². The van der Waals surface area contributed by atoms with Gasteiger partial charge in [-0.05, 0) is 48.5 Å². The average Bonchev–Trinajstić information content (AvgIpc) is 2.97. The van der Waals surface area contributed by atoms with Gasteiger partial charge in [-0.2, -0.15) is 0 Å². The van der Waals surface area contributed by atoms with Gasteiger partial charge in [0.2, 0.25) is 0 Å². The van der Waals surface area contributed by atoms with E-state index in [2.05, 4.69) is 0 Å². The Morgan fingerprint density at radius 2 is 0.881 bits per heavy atom. The van der Waals surface area contributed by atoms with Crippen LogP contribution in [0, 0.1) is 0 Å². The zero-order valence-corrected chi connectivity index (χ0v) is 22.2. The molecule has 0 aliphatic rings. The Morgan fingerprint density at radius 3 is 1.21 bits per heavy atom. The first-order valence-corrected chi connectivity index (χ1v) is 12.5. The quantitative estimate of drug-likeness (QED) is 0.203. The van der Waals surface area contributed by atoms with Crippen LogP contribution in [-0.4, -0.2) is 34.6 Å². The van der Waals surface area contributed by atoms with E-state index >= 15 is 0 Å². The summed E-state index contributed by atoms with van der Waals surface area (Å²) in [4.78, 5) is 26.5. The van der Waals surface area contributed by atoms with Crippen molar-refractivity contribution in [2.75, 3.05) is 14.2 Å². The van der Waals surface area contributed by atoms with E-state index in [1.165, 1.54) is 26.4 Å². The molecule has 0 atom stereocenters. The maximum absolute atomic E-state index is 13.2. The van der Waals surface area contributed by atoms with Gasteiger partial charge in [-0.1, -0.05) is 0 Å². The maximum atomic E-state index is 13.2. The van der Waals surface area contributed by atoms with Gasteiger partial charge in [0.15, 0.2) is 22.0 Å².